The van der Waals surface area contributed by atoms with E-state index >= 15 is 0 Å². The molecule has 1 saturated heterocycles. The molecule has 2 fully saturated rings. The van der Waals surface area contributed by atoms with Crippen molar-refractivity contribution in [3.8, 4) is 17.5 Å². The molecule has 0 N–H and O–H groups in total. The molecule has 3 unspecified atom stereocenters. The minimum Gasteiger partial charge on any atom is -0.474 e. The minimum atomic E-state index is -4.36. The van der Waals surface area contributed by atoms with Crippen LogP contribution in [0.5, 0.6) is 17.5 Å². The van der Waals surface area contributed by atoms with Crippen molar-refractivity contribution in [1.82, 2.24) is 19.9 Å². The van der Waals surface area contributed by atoms with E-state index in [9.17, 15) is 22.4 Å². The van der Waals surface area contributed by atoms with Gasteiger partial charge in [-0.3, -0.25) is 4.98 Å². The molecule has 1 saturated carbocycles. The van der Waals surface area contributed by atoms with Crippen LogP contribution in [0.3, 0.4) is 0 Å². The minimum absolute atomic E-state index is 0.285. The van der Waals surface area contributed by atoms with E-state index in [2.05, 4.69) is 15.0 Å². The maximum atomic E-state index is 13.6. The Morgan fingerprint density at radius 1 is 1.17 bits per heavy atom. The highest BCUT2D eigenvalue weighted by molar-refractivity contribution is 5.69. The normalized spacial score (nSPS) is 25.1. The Labute approximate surface area is 206 Å². The Morgan fingerprint density at radius 2 is 1.89 bits per heavy atom. The number of carbonyl (C=O) groups is 1. The van der Waals surface area contributed by atoms with Crippen LogP contribution in [0.25, 0.3) is 0 Å². The molecule has 8 nitrogen and oxygen atoms in total. The Balaban J connectivity index is 1.39. The third kappa shape index (κ3) is 4.90. The molecule has 0 aromatic carbocycles. The third-order valence-corrected chi connectivity index (χ3v) is 6.65. The molecule has 2 aromatic heterocycles. The standard InChI is InChI=1S/C24H28F4N4O4/c1-13-7-8-17(32(13)22(33)36-19-11-23(25,26)24(19,27)28)10-14(2)34-20-15(3)21(31-12-30-20)35-18-6-5-9-29-16(18)4/h5-6,9,12-14,17,19H,7-8,10-11H2,1-4H3/t13?,14-,17?,19?/m1/s1. The summed E-state index contributed by atoms with van der Waals surface area (Å²) in [6.45, 7) is 7.11. The number of likely N-dealkylation sites (tertiary alicyclic amines) is 1. The van der Waals surface area contributed by atoms with E-state index < -0.39 is 36.6 Å². The molecule has 3 heterocycles. The Hall–Kier alpha value is -3.18. The summed E-state index contributed by atoms with van der Waals surface area (Å²) >= 11 is 0. The van der Waals surface area contributed by atoms with Crippen LogP contribution >= 0.6 is 0 Å². The molecule has 2 aliphatic rings. The highest BCUT2D eigenvalue weighted by Gasteiger charge is 2.74. The van der Waals surface area contributed by atoms with E-state index in [1.165, 1.54) is 11.2 Å². The number of aryl methyl sites for hydroxylation is 1. The smallest absolute Gasteiger partial charge is 0.410 e. The second-order valence-corrected chi connectivity index (χ2v) is 9.35. The lowest BCUT2D eigenvalue weighted by Gasteiger charge is -2.43. The molecule has 0 bridgehead atoms. The van der Waals surface area contributed by atoms with Crippen molar-refractivity contribution in [3.63, 3.8) is 0 Å². The summed E-state index contributed by atoms with van der Waals surface area (Å²) in [5.74, 6) is -7.38. The molecule has 0 radical (unpaired) electrons. The molecule has 4 atom stereocenters. The lowest BCUT2D eigenvalue weighted by Crippen LogP contribution is -2.64. The van der Waals surface area contributed by atoms with Gasteiger partial charge in [0.2, 0.25) is 11.8 Å². The predicted molar refractivity (Wildman–Crippen MR) is 120 cm³/mol. The second kappa shape index (κ2) is 9.70. The van der Waals surface area contributed by atoms with E-state index in [4.69, 9.17) is 14.2 Å². The number of ether oxygens (including phenoxy) is 3. The first-order valence-corrected chi connectivity index (χ1v) is 11.7. The van der Waals surface area contributed by atoms with Crippen LogP contribution in [0, 0.1) is 13.8 Å². The number of aromatic nitrogens is 3. The van der Waals surface area contributed by atoms with Crippen molar-refractivity contribution >= 4 is 6.09 Å². The number of carbonyl (C=O) groups excluding carboxylic acids is 1. The fraction of sp³-hybridized carbons (Fsp3) is 0.583. The molecule has 36 heavy (non-hydrogen) atoms. The van der Waals surface area contributed by atoms with E-state index in [1.807, 2.05) is 6.92 Å². The maximum Gasteiger partial charge on any atom is 0.410 e. The van der Waals surface area contributed by atoms with Crippen molar-refractivity contribution < 1.29 is 36.6 Å². The van der Waals surface area contributed by atoms with Gasteiger partial charge in [0, 0.05) is 24.7 Å². The van der Waals surface area contributed by atoms with Gasteiger partial charge < -0.3 is 19.1 Å². The van der Waals surface area contributed by atoms with Crippen LogP contribution in [0.4, 0.5) is 22.4 Å². The number of hydrogen-bond acceptors (Lipinski definition) is 7. The summed E-state index contributed by atoms with van der Waals surface area (Å²) in [6.07, 6.45) is -0.214. The summed E-state index contributed by atoms with van der Waals surface area (Å²) in [7, 11) is 0. The first-order chi connectivity index (χ1) is 16.9. The van der Waals surface area contributed by atoms with Crippen molar-refractivity contribution in [2.24, 2.45) is 0 Å². The van der Waals surface area contributed by atoms with Crippen molar-refractivity contribution in [1.29, 1.82) is 0 Å². The Bertz CT molecular complexity index is 1120. The summed E-state index contributed by atoms with van der Waals surface area (Å²) in [6, 6.07) is 2.86. The first-order valence-electron chi connectivity index (χ1n) is 11.7. The SMILES string of the molecule is Cc1ncccc1Oc1ncnc(O[C@H](C)CC2CCC(C)N2C(=O)OC2CC(F)(F)C2(F)F)c1C. The Morgan fingerprint density at radius 3 is 2.56 bits per heavy atom. The number of amides is 1. The third-order valence-electron chi connectivity index (χ3n) is 6.65. The topological polar surface area (TPSA) is 86.7 Å². The summed E-state index contributed by atoms with van der Waals surface area (Å²) in [5.41, 5.74) is 1.26. The molecule has 1 aliphatic heterocycles. The molecule has 1 amide bonds. The number of hydrogen-bond donors (Lipinski definition) is 0. The van der Waals surface area contributed by atoms with Gasteiger partial charge in [0.1, 0.15) is 6.33 Å². The van der Waals surface area contributed by atoms with Crippen LogP contribution in [0.15, 0.2) is 24.7 Å². The Kier molecular flexibility index (Phi) is 6.98. The summed E-state index contributed by atoms with van der Waals surface area (Å²) in [4.78, 5) is 26.5. The molecular weight excluding hydrogens is 484 g/mol. The van der Waals surface area contributed by atoms with Gasteiger partial charge in [-0.05, 0) is 52.7 Å². The summed E-state index contributed by atoms with van der Waals surface area (Å²) < 4.78 is 70.2. The zero-order valence-electron chi connectivity index (χ0n) is 20.4. The monoisotopic (exact) mass is 512 g/mol. The van der Waals surface area contributed by atoms with E-state index in [1.54, 1.807) is 39.1 Å². The molecule has 4 rings (SSSR count). The molecule has 0 spiro atoms. The summed E-state index contributed by atoms with van der Waals surface area (Å²) in [5, 5.41) is 0. The largest absolute Gasteiger partial charge is 0.474 e. The van der Waals surface area contributed by atoms with E-state index in [-0.39, 0.29) is 12.1 Å². The lowest BCUT2D eigenvalue weighted by molar-refractivity contribution is -0.330. The van der Waals surface area contributed by atoms with Crippen LogP contribution in [-0.2, 0) is 4.74 Å². The molecule has 1 aliphatic carbocycles. The van der Waals surface area contributed by atoms with Gasteiger partial charge in [0.15, 0.2) is 11.9 Å². The van der Waals surface area contributed by atoms with Gasteiger partial charge in [0.25, 0.3) is 0 Å². The van der Waals surface area contributed by atoms with E-state index in [0.717, 1.165) is 0 Å². The number of halogens is 4. The molecular formula is C24H28F4N4O4. The van der Waals surface area contributed by atoms with Crippen LogP contribution in [-0.4, -0.2) is 62.1 Å². The number of rotatable bonds is 7. The van der Waals surface area contributed by atoms with Gasteiger partial charge in [-0.15, -0.1) is 0 Å². The molecule has 196 valence electrons. The quantitative estimate of drug-likeness (QED) is 0.455. The fourth-order valence-electron chi connectivity index (χ4n) is 4.48. The van der Waals surface area contributed by atoms with Crippen LogP contribution < -0.4 is 9.47 Å². The lowest BCUT2D eigenvalue weighted by atomic mass is 9.85. The number of pyridine rings is 1. The van der Waals surface area contributed by atoms with Crippen LogP contribution in [0.2, 0.25) is 0 Å². The highest BCUT2D eigenvalue weighted by Crippen LogP contribution is 2.52. The maximum absolute atomic E-state index is 13.6. The number of alkyl halides is 4. The number of nitrogens with zero attached hydrogens (tertiary/aromatic N) is 4. The van der Waals surface area contributed by atoms with Gasteiger partial charge >= 0.3 is 17.9 Å². The first kappa shape index (κ1) is 25.9. The zero-order chi connectivity index (χ0) is 26.3. The van der Waals surface area contributed by atoms with Gasteiger partial charge in [-0.2, -0.15) is 17.6 Å². The van der Waals surface area contributed by atoms with Crippen molar-refractivity contribution in [2.45, 2.75) is 89.5 Å². The second-order valence-electron chi connectivity index (χ2n) is 9.35. The molecule has 12 heteroatoms. The van der Waals surface area contributed by atoms with Crippen molar-refractivity contribution in [2.75, 3.05) is 0 Å². The zero-order valence-corrected chi connectivity index (χ0v) is 20.4. The van der Waals surface area contributed by atoms with Crippen molar-refractivity contribution in [3.05, 3.63) is 35.9 Å². The highest BCUT2D eigenvalue weighted by atomic mass is 19.3. The van der Waals surface area contributed by atoms with Gasteiger partial charge in [0.05, 0.1) is 23.8 Å². The fourth-order valence-corrected chi connectivity index (χ4v) is 4.48. The molecule has 2 aromatic rings. The van der Waals surface area contributed by atoms with Gasteiger partial charge in [-0.25, -0.2) is 14.8 Å². The van der Waals surface area contributed by atoms with Crippen LogP contribution in [0.1, 0.15) is 50.8 Å². The van der Waals surface area contributed by atoms with E-state index in [0.29, 0.717) is 48.0 Å². The average Bonchev–Trinajstić information content (AvgIpc) is 3.17. The van der Waals surface area contributed by atoms with Gasteiger partial charge in [-0.1, -0.05) is 0 Å². The average molecular weight is 513 g/mol. The predicted octanol–water partition coefficient (Wildman–Crippen LogP) is 5.47.